The van der Waals surface area contributed by atoms with Gasteiger partial charge in [0.25, 0.3) is 0 Å². The largest absolute Gasteiger partial charge is 0.508 e. The molecule has 0 amide bonds. The number of hydrogen-bond donors (Lipinski definition) is 3. The molecule has 0 spiro atoms. The molecule has 4 aromatic carbocycles. The van der Waals surface area contributed by atoms with Gasteiger partial charge in [-0.05, 0) is 79.7 Å². The van der Waals surface area contributed by atoms with Crippen LogP contribution in [0.4, 0.5) is 0 Å². The molecule has 0 fully saturated rings. The van der Waals surface area contributed by atoms with Crippen LogP contribution in [0.3, 0.4) is 0 Å². The number of benzene rings is 4. The lowest BCUT2D eigenvalue weighted by Gasteiger charge is -2.24. The van der Waals surface area contributed by atoms with Gasteiger partial charge in [-0.15, -0.1) is 0 Å². The van der Waals surface area contributed by atoms with Gasteiger partial charge >= 0.3 is 0 Å². The number of para-hydroxylation sites is 2. The van der Waals surface area contributed by atoms with E-state index in [0.717, 1.165) is 0 Å². The second-order valence-electron chi connectivity index (χ2n) is 8.96. The van der Waals surface area contributed by atoms with E-state index in [1.807, 2.05) is 0 Å². The van der Waals surface area contributed by atoms with Crippen LogP contribution >= 0.6 is 0 Å². The molecule has 4 aromatic rings. The number of hydrogen-bond acceptors (Lipinski definition) is 9. The summed E-state index contributed by atoms with van der Waals surface area (Å²) in [6, 6.07) is 22.2. The van der Waals surface area contributed by atoms with Crippen molar-refractivity contribution in [1.82, 2.24) is 0 Å². The van der Waals surface area contributed by atoms with Crippen molar-refractivity contribution in [2.45, 2.75) is 32.1 Å². The summed E-state index contributed by atoms with van der Waals surface area (Å²) in [6.07, 6.45) is 0. The molecule has 0 aromatic heterocycles. The molecule has 3 N–H and O–H groups in total. The van der Waals surface area contributed by atoms with E-state index < -0.39 is 25.3 Å². The van der Waals surface area contributed by atoms with Crippen LogP contribution in [0.25, 0.3) is 0 Å². The van der Waals surface area contributed by atoms with Gasteiger partial charge in [-0.1, -0.05) is 24.3 Å². The minimum absolute atomic E-state index is 0.0284. The molecule has 0 aliphatic heterocycles. The minimum atomic E-state index is -3.96. The normalized spacial score (nSPS) is 13.4. The Morgan fingerprint density at radius 2 is 1.13 bits per heavy atom. The molecule has 9 nitrogen and oxygen atoms in total. The first-order chi connectivity index (χ1) is 18.4. The summed E-state index contributed by atoms with van der Waals surface area (Å²) in [5, 5.41) is 30.2. The van der Waals surface area contributed by atoms with Crippen molar-refractivity contribution >= 4 is 19.7 Å². The third-order valence-electron chi connectivity index (χ3n) is 5.66. The zero-order valence-corrected chi connectivity index (χ0v) is 22.4. The van der Waals surface area contributed by atoms with Crippen LogP contribution in [0.5, 0.6) is 23.0 Å². The van der Waals surface area contributed by atoms with Crippen LogP contribution in [-0.2, 0) is 19.7 Å². The lowest BCUT2D eigenvalue weighted by atomic mass is 10.1. The molecule has 11 heteroatoms. The first-order valence-corrected chi connectivity index (χ1v) is 14.6. The van der Waals surface area contributed by atoms with Crippen molar-refractivity contribution in [1.29, 1.82) is 0 Å². The van der Waals surface area contributed by atoms with Crippen LogP contribution in [0, 0.1) is 0 Å². The number of rotatable bonds is 10. The fourth-order valence-electron chi connectivity index (χ4n) is 3.58. The van der Waals surface area contributed by atoms with Crippen molar-refractivity contribution < 1.29 is 41.6 Å². The molecule has 0 heterocycles. The van der Waals surface area contributed by atoms with Gasteiger partial charge < -0.3 is 24.8 Å². The van der Waals surface area contributed by atoms with Crippen LogP contribution < -0.4 is 9.47 Å². The lowest BCUT2D eigenvalue weighted by molar-refractivity contribution is -0.0253. The Bertz CT molecular complexity index is 1660. The van der Waals surface area contributed by atoms with Crippen molar-refractivity contribution in [3.63, 3.8) is 0 Å². The number of ether oxygens (including phenoxy) is 2. The Balaban J connectivity index is 1.42. The van der Waals surface area contributed by atoms with Crippen LogP contribution in [0.15, 0.2) is 117 Å². The minimum Gasteiger partial charge on any atom is -0.508 e. The summed E-state index contributed by atoms with van der Waals surface area (Å²) in [6.45, 7) is 0.890. The first-order valence-electron chi connectivity index (χ1n) is 11.6. The van der Waals surface area contributed by atoms with E-state index in [4.69, 9.17) is 9.47 Å². The molecule has 0 aliphatic carbocycles. The molecular weight excluding hydrogens is 544 g/mol. The van der Waals surface area contributed by atoms with Gasteiger partial charge in [0.15, 0.2) is 0 Å². The Labute approximate surface area is 226 Å². The van der Waals surface area contributed by atoms with Gasteiger partial charge in [-0.3, -0.25) is 0 Å². The highest BCUT2D eigenvalue weighted by Crippen LogP contribution is 2.31. The maximum atomic E-state index is 13.1. The molecule has 1 unspecified atom stereocenters. The molecule has 1 atom stereocenters. The third kappa shape index (κ3) is 6.33. The first kappa shape index (κ1) is 28.0. The predicted molar refractivity (Wildman–Crippen MR) is 142 cm³/mol. The smallest absolute Gasteiger partial charge is 0.210 e. The number of sulfone groups is 2. The number of aromatic hydroxyl groups is 2. The predicted octanol–water partition coefficient (Wildman–Crippen LogP) is 3.97. The topological polar surface area (TPSA) is 147 Å². The second-order valence-corrected chi connectivity index (χ2v) is 12.8. The Morgan fingerprint density at radius 3 is 1.74 bits per heavy atom. The summed E-state index contributed by atoms with van der Waals surface area (Å²) in [5.41, 5.74) is -1.55. The van der Waals surface area contributed by atoms with Crippen molar-refractivity contribution in [2.75, 3.05) is 13.2 Å². The molecule has 0 saturated heterocycles. The molecule has 0 aliphatic rings. The molecule has 0 radical (unpaired) electrons. The Kier molecular flexibility index (Phi) is 7.86. The van der Waals surface area contributed by atoms with Gasteiger partial charge in [0, 0.05) is 0 Å². The number of phenols is 2. The van der Waals surface area contributed by atoms with Crippen molar-refractivity contribution in [3.8, 4) is 23.0 Å². The fraction of sp³-hybridized carbons (Fsp3) is 0.143. The van der Waals surface area contributed by atoms with E-state index in [0.29, 0.717) is 0 Å². The van der Waals surface area contributed by atoms with Gasteiger partial charge in [-0.2, -0.15) is 0 Å². The fourth-order valence-corrected chi connectivity index (χ4v) is 6.33. The highest BCUT2D eigenvalue weighted by Gasteiger charge is 2.27. The monoisotopic (exact) mass is 570 g/mol. The molecular formula is C28H26O9S2. The molecule has 4 rings (SSSR count). The summed E-state index contributed by atoms with van der Waals surface area (Å²) < 4.78 is 63.1. The standard InChI is InChI=1S/C28H26O9S2/c1-28(31,18-36-21-12-16-23(17-13-21)38(32,33)26-8-4-2-6-24(26)30)19-37-25-7-3-5-9-27(25)39(34,35)22-14-10-20(29)11-15-22/h2-17,29-31H,18-19H2,1H3. The Hall–Kier alpha value is -4.06. The zero-order valence-electron chi connectivity index (χ0n) is 20.8. The van der Waals surface area contributed by atoms with E-state index in [-0.39, 0.29) is 55.8 Å². The van der Waals surface area contributed by atoms with E-state index in [2.05, 4.69) is 0 Å². The van der Waals surface area contributed by atoms with Gasteiger partial charge in [0.2, 0.25) is 19.7 Å². The maximum Gasteiger partial charge on any atom is 0.210 e. The molecule has 0 bridgehead atoms. The van der Waals surface area contributed by atoms with Crippen molar-refractivity contribution in [3.05, 3.63) is 97.1 Å². The zero-order chi connectivity index (χ0) is 28.3. The lowest BCUT2D eigenvalue weighted by Crippen LogP contribution is -2.39. The van der Waals surface area contributed by atoms with E-state index in [1.54, 1.807) is 12.1 Å². The molecule has 204 valence electrons. The number of aliphatic hydroxyl groups is 1. The van der Waals surface area contributed by atoms with Crippen LogP contribution in [0.2, 0.25) is 0 Å². The summed E-state index contributed by atoms with van der Waals surface area (Å²) in [4.78, 5) is -0.391. The second kappa shape index (κ2) is 11.0. The summed E-state index contributed by atoms with van der Waals surface area (Å²) in [7, 11) is -7.91. The van der Waals surface area contributed by atoms with E-state index >= 15 is 0 Å². The van der Waals surface area contributed by atoms with Gasteiger partial charge in [0.05, 0.1) is 9.79 Å². The summed E-state index contributed by atoms with van der Waals surface area (Å²) >= 11 is 0. The SMILES string of the molecule is CC(O)(COc1ccc(S(=O)(=O)c2ccccc2O)cc1)COc1ccccc1S(=O)(=O)c1ccc(O)cc1. The highest BCUT2D eigenvalue weighted by atomic mass is 32.2. The third-order valence-corrected chi connectivity index (χ3v) is 9.29. The maximum absolute atomic E-state index is 13.1. The van der Waals surface area contributed by atoms with Crippen LogP contribution in [-0.4, -0.2) is 51.0 Å². The average Bonchev–Trinajstić information content (AvgIpc) is 2.92. The quantitative estimate of drug-likeness (QED) is 0.258. The Morgan fingerprint density at radius 1 is 0.641 bits per heavy atom. The van der Waals surface area contributed by atoms with E-state index in [9.17, 15) is 32.2 Å². The highest BCUT2D eigenvalue weighted by molar-refractivity contribution is 7.92. The van der Waals surface area contributed by atoms with E-state index in [1.165, 1.54) is 91.9 Å². The van der Waals surface area contributed by atoms with Gasteiger partial charge in [0.1, 0.15) is 51.6 Å². The summed E-state index contributed by atoms with van der Waals surface area (Å²) in [5.74, 6) is -0.112. The average molecular weight is 571 g/mol. The number of phenolic OH excluding ortho intramolecular Hbond substituents is 2. The van der Waals surface area contributed by atoms with Crippen molar-refractivity contribution in [2.24, 2.45) is 0 Å². The molecule has 0 saturated carbocycles. The molecule has 39 heavy (non-hydrogen) atoms. The van der Waals surface area contributed by atoms with Crippen LogP contribution in [0.1, 0.15) is 6.92 Å². The van der Waals surface area contributed by atoms with Gasteiger partial charge in [-0.25, -0.2) is 16.8 Å².